The van der Waals surface area contributed by atoms with E-state index >= 15 is 0 Å². The third-order valence-electron chi connectivity index (χ3n) is 6.12. The van der Waals surface area contributed by atoms with E-state index < -0.39 is 0 Å². The highest BCUT2D eigenvalue weighted by Gasteiger charge is 2.49. The molecule has 98 valence electrons. The highest BCUT2D eigenvalue weighted by molar-refractivity contribution is 5.86. The van der Waals surface area contributed by atoms with Crippen molar-refractivity contribution in [3.05, 3.63) is 48.0 Å². The van der Waals surface area contributed by atoms with Crippen molar-refractivity contribution in [2.75, 3.05) is 0 Å². The Bertz CT molecular complexity index is 605. The Kier molecular flexibility index (Phi) is 2.48. The maximum atomic E-state index is 2.48. The van der Waals surface area contributed by atoms with Crippen molar-refractivity contribution in [3.63, 3.8) is 0 Å². The summed E-state index contributed by atoms with van der Waals surface area (Å²) < 4.78 is 0. The largest absolute Gasteiger partial charge is 0.0620 e. The van der Waals surface area contributed by atoms with Gasteiger partial charge in [0.1, 0.15) is 0 Å². The molecule has 5 atom stereocenters. The fraction of sp³-hybridized carbons (Fsp3) is 0.474. The zero-order valence-electron chi connectivity index (χ0n) is 11.8. The lowest BCUT2D eigenvalue weighted by Crippen LogP contribution is -2.23. The van der Waals surface area contributed by atoms with Crippen molar-refractivity contribution >= 4 is 10.8 Å². The van der Waals surface area contributed by atoms with E-state index in [2.05, 4.69) is 56.3 Å². The van der Waals surface area contributed by atoms with Crippen molar-refractivity contribution in [1.82, 2.24) is 0 Å². The Balaban J connectivity index is 1.80. The summed E-state index contributed by atoms with van der Waals surface area (Å²) in [7, 11) is 0. The summed E-state index contributed by atoms with van der Waals surface area (Å²) in [5.41, 5.74) is 1.62. The highest BCUT2D eigenvalue weighted by Crippen LogP contribution is 2.59. The second kappa shape index (κ2) is 4.10. The highest BCUT2D eigenvalue weighted by atomic mass is 14.5. The van der Waals surface area contributed by atoms with Crippen LogP contribution in [0, 0.1) is 23.7 Å². The Hall–Kier alpha value is -1.30. The second-order valence-electron chi connectivity index (χ2n) is 6.79. The maximum Gasteiger partial charge on any atom is -0.0122 e. The standard InChI is InChI=1S/C19H22/c1-12-13(2)18-10-15(12)11-19(18)17-9-5-7-14-6-3-4-8-16(14)17/h3-9,12-13,15,18-19H,10-11H2,1-2H3/t12?,13?,15-,18-,19-/m0/s1. The first kappa shape index (κ1) is 11.5. The summed E-state index contributed by atoms with van der Waals surface area (Å²) in [6.07, 6.45) is 2.89. The smallest absolute Gasteiger partial charge is 0.0122 e. The molecule has 0 amide bonds. The van der Waals surface area contributed by atoms with E-state index in [1.165, 1.54) is 23.6 Å². The lowest BCUT2D eigenvalue weighted by Gasteiger charge is -2.32. The van der Waals surface area contributed by atoms with Gasteiger partial charge >= 0.3 is 0 Å². The molecule has 0 aromatic heterocycles. The number of hydrogen-bond donors (Lipinski definition) is 0. The van der Waals surface area contributed by atoms with E-state index in [-0.39, 0.29) is 0 Å². The van der Waals surface area contributed by atoms with Crippen molar-refractivity contribution in [3.8, 4) is 0 Å². The summed E-state index contributed by atoms with van der Waals surface area (Å²) in [6, 6.07) is 15.8. The molecule has 2 aromatic rings. The van der Waals surface area contributed by atoms with E-state index in [9.17, 15) is 0 Å². The van der Waals surface area contributed by atoms with Crippen molar-refractivity contribution < 1.29 is 0 Å². The van der Waals surface area contributed by atoms with Gasteiger partial charge in [0.15, 0.2) is 0 Å². The lowest BCUT2D eigenvalue weighted by molar-refractivity contribution is 0.233. The third-order valence-corrected chi connectivity index (χ3v) is 6.12. The van der Waals surface area contributed by atoms with E-state index in [4.69, 9.17) is 0 Å². The topological polar surface area (TPSA) is 0 Å². The second-order valence-corrected chi connectivity index (χ2v) is 6.79. The molecule has 0 saturated heterocycles. The molecular formula is C19H22. The van der Waals surface area contributed by atoms with Crippen molar-refractivity contribution in [2.24, 2.45) is 23.7 Å². The van der Waals surface area contributed by atoms with Gasteiger partial charge in [-0.1, -0.05) is 56.3 Å². The fourth-order valence-electron chi connectivity index (χ4n) is 4.87. The minimum Gasteiger partial charge on any atom is -0.0620 e. The van der Waals surface area contributed by atoms with Gasteiger partial charge in [-0.2, -0.15) is 0 Å². The van der Waals surface area contributed by atoms with Crippen LogP contribution in [0.1, 0.15) is 38.2 Å². The van der Waals surface area contributed by atoms with Crippen LogP contribution in [-0.4, -0.2) is 0 Å². The molecule has 0 radical (unpaired) electrons. The first-order valence-corrected chi connectivity index (χ1v) is 7.73. The van der Waals surface area contributed by atoms with Gasteiger partial charge in [-0.15, -0.1) is 0 Å². The molecule has 0 heterocycles. The first-order valence-electron chi connectivity index (χ1n) is 7.73. The van der Waals surface area contributed by atoms with Crippen LogP contribution in [0.4, 0.5) is 0 Å². The van der Waals surface area contributed by atoms with Crippen LogP contribution in [0.25, 0.3) is 10.8 Å². The van der Waals surface area contributed by atoms with Gasteiger partial charge in [0, 0.05) is 0 Å². The van der Waals surface area contributed by atoms with E-state index in [1.807, 2.05) is 0 Å². The molecule has 0 aliphatic heterocycles. The average molecular weight is 250 g/mol. The summed E-state index contributed by atoms with van der Waals surface area (Å²) in [4.78, 5) is 0. The predicted molar refractivity (Wildman–Crippen MR) is 81.2 cm³/mol. The van der Waals surface area contributed by atoms with Crippen LogP contribution in [0.2, 0.25) is 0 Å². The first-order chi connectivity index (χ1) is 9.25. The molecule has 2 aliphatic rings. The number of hydrogen-bond acceptors (Lipinski definition) is 0. The van der Waals surface area contributed by atoms with E-state index in [1.54, 1.807) is 5.56 Å². The van der Waals surface area contributed by atoms with Crippen molar-refractivity contribution in [1.29, 1.82) is 0 Å². The van der Waals surface area contributed by atoms with Gasteiger partial charge in [-0.05, 0) is 58.8 Å². The number of rotatable bonds is 1. The average Bonchev–Trinajstić information content (AvgIpc) is 2.99. The summed E-state index contributed by atoms with van der Waals surface area (Å²) in [6.45, 7) is 4.95. The van der Waals surface area contributed by atoms with Crippen LogP contribution >= 0.6 is 0 Å². The SMILES string of the molecule is CC1C(C)[C@@H]2C[C@H]1C[C@H]2c1cccc2ccccc12. The Morgan fingerprint density at radius 1 is 0.842 bits per heavy atom. The monoisotopic (exact) mass is 250 g/mol. The molecule has 2 saturated carbocycles. The zero-order valence-corrected chi connectivity index (χ0v) is 11.8. The molecule has 2 aromatic carbocycles. The molecular weight excluding hydrogens is 228 g/mol. The Labute approximate surface area is 115 Å². The predicted octanol–water partition coefficient (Wildman–Crippen LogP) is 5.24. The van der Waals surface area contributed by atoms with Crippen LogP contribution in [0.5, 0.6) is 0 Å². The molecule has 4 rings (SSSR count). The summed E-state index contributed by atoms with van der Waals surface area (Å²) >= 11 is 0. The van der Waals surface area contributed by atoms with Gasteiger partial charge in [-0.25, -0.2) is 0 Å². The minimum absolute atomic E-state index is 0.808. The van der Waals surface area contributed by atoms with Crippen LogP contribution in [0.3, 0.4) is 0 Å². The third kappa shape index (κ3) is 1.59. The minimum atomic E-state index is 0.808. The molecule has 0 nitrogen and oxygen atoms in total. The van der Waals surface area contributed by atoms with Gasteiger partial charge in [0.25, 0.3) is 0 Å². The number of fused-ring (bicyclic) bond motifs is 3. The molecule has 19 heavy (non-hydrogen) atoms. The molecule has 2 unspecified atom stereocenters. The van der Waals surface area contributed by atoms with Gasteiger partial charge in [-0.3, -0.25) is 0 Å². The Morgan fingerprint density at radius 3 is 2.42 bits per heavy atom. The maximum absolute atomic E-state index is 2.48. The lowest BCUT2D eigenvalue weighted by atomic mass is 9.72. The quantitative estimate of drug-likeness (QED) is 0.649. The Morgan fingerprint density at radius 2 is 1.63 bits per heavy atom. The fourth-order valence-corrected chi connectivity index (χ4v) is 4.87. The number of benzene rings is 2. The molecule has 2 bridgehead atoms. The zero-order chi connectivity index (χ0) is 13.0. The van der Waals surface area contributed by atoms with Crippen LogP contribution in [-0.2, 0) is 0 Å². The molecule has 2 aliphatic carbocycles. The van der Waals surface area contributed by atoms with Gasteiger partial charge in [0.2, 0.25) is 0 Å². The van der Waals surface area contributed by atoms with Crippen LogP contribution < -0.4 is 0 Å². The van der Waals surface area contributed by atoms with Gasteiger partial charge in [0.05, 0.1) is 0 Å². The normalized spacial score (nSPS) is 37.1. The molecule has 0 heteroatoms. The van der Waals surface area contributed by atoms with E-state index in [0.29, 0.717) is 0 Å². The summed E-state index contributed by atoms with van der Waals surface area (Å²) in [5.74, 6) is 4.55. The van der Waals surface area contributed by atoms with Crippen molar-refractivity contribution in [2.45, 2.75) is 32.6 Å². The molecule has 0 spiro atoms. The molecule has 0 N–H and O–H groups in total. The van der Waals surface area contributed by atoms with E-state index in [0.717, 1.165) is 29.6 Å². The van der Waals surface area contributed by atoms with Crippen LogP contribution in [0.15, 0.2) is 42.5 Å². The van der Waals surface area contributed by atoms with Gasteiger partial charge < -0.3 is 0 Å². The summed E-state index contributed by atoms with van der Waals surface area (Å²) in [5, 5.41) is 2.89. The molecule has 2 fully saturated rings.